The van der Waals surface area contributed by atoms with Crippen LogP contribution < -0.4 is 4.90 Å². The molecule has 0 aromatic carbocycles. The summed E-state index contributed by atoms with van der Waals surface area (Å²) in [7, 11) is -3.76. The first-order valence-electron chi connectivity index (χ1n) is 6.52. The lowest BCUT2D eigenvalue weighted by Gasteiger charge is -2.14. The van der Waals surface area contributed by atoms with E-state index in [4.69, 9.17) is 4.55 Å². The van der Waals surface area contributed by atoms with Crippen molar-refractivity contribution < 1.29 is 17.9 Å². The molecule has 0 aliphatic carbocycles. The second kappa shape index (κ2) is 7.31. The van der Waals surface area contributed by atoms with Crippen molar-refractivity contribution in [3.05, 3.63) is 0 Å². The molecule has 17 heavy (non-hydrogen) atoms. The largest absolute Gasteiger partial charge is 0.321 e. The molecule has 0 radical (unpaired) electrons. The van der Waals surface area contributed by atoms with Gasteiger partial charge in [-0.3, -0.25) is 9.45 Å². The maximum Gasteiger partial charge on any atom is 0.264 e. The van der Waals surface area contributed by atoms with Crippen LogP contribution in [-0.2, 0) is 10.1 Å². The first-order chi connectivity index (χ1) is 8.01. The monoisotopic (exact) mass is 265 g/mol. The molecule has 1 aliphatic rings. The molecule has 1 heterocycles. The second-order valence-electron chi connectivity index (χ2n) is 4.87. The SMILES string of the molecule is CCCCN1CC[NH+](CCCCS(=O)(=O)O)C1. The van der Waals surface area contributed by atoms with Crippen LogP contribution in [0.1, 0.15) is 32.6 Å². The minimum atomic E-state index is -3.76. The second-order valence-corrected chi connectivity index (χ2v) is 6.44. The van der Waals surface area contributed by atoms with Crippen LogP contribution in [0.5, 0.6) is 0 Å². The number of hydrogen-bond acceptors (Lipinski definition) is 3. The highest BCUT2D eigenvalue weighted by atomic mass is 32.2. The summed E-state index contributed by atoms with van der Waals surface area (Å²) in [6, 6.07) is 0. The third-order valence-electron chi connectivity index (χ3n) is 3.24. The van der Waals surface area contributed by atoms with Crippen molar-refractivity contribution in [1.29, 1.82) is 0 Å². The quantitative estimate of drug-likeness (QED) is 0.464. The van der Waals surface area contributed by atoms with Gasteiger partial charge in [0.25, 0.3) is 10.1 Å². The molecule has 2 N–H and O–H groups in total. The Hall–Kier alpha value is -0.170. The molecular weight excluding hydrogens is 240 g/mol. The Morgan fingerprint density at radius 1 is 1.29 bits per heavy atom. The highest BCUT2D eigenvalue weighted by Gasteiger charge is 2.22. The van der Waals surface area contributed by atoms with E-state index in [-0.39, 0.29) is 5.75 Å². The van der Waals surface area contributed by atoms with Gasteiger partial charge in [0.1, 0.15) is 6.67 Å². The van der Waals surface area contributed by atoms with E-state index in [1.165, 1.54) is 24.3 Å². The van der Waals surface area contributed by atoms with Gasteiger partial charge < -0.3 is 4.90 Å². The van der Waals surface area contributed by atoms with Gasteiger partial charge in [-0.1, -0.05) is 13.3 Å². The Morgan fingerprint density at radius 3 is 2.71 bits per heavy atom. The van der Waals surface area contributed by atoms with E-state index in [0.717, 1.165) is 32.7 Å². The molecule has 0 saturated carbocycles. The van der Waals surface area contributed by atoms with Crippen molar-refractivity contribution in [3.8, 4) is 0 Å². The van der Waals surface area contributed by atoms with E-state index in [0.29, 0.717) is 6.42 Å². The first-order valence-corrected chi connectivity index (χ1v) is 8.13. The fourth-order valence-electron chi connectivity index (χ4n) is 2.23. The number of hydrogen-bond donors (Lipinski definition) is 2. The van der Waals surface area contributed by atoms with Crippen molar-refractivity contribution in [1.82, 2.24) is 4.90 Å². The summed E-state index contributed by atoms with van der Waals surface area (Å²) in [4.78, 5) is 4.01. The highest BCUT2D eigenvalue weighted by Crippen LogP contribution is 1.96. The van der Waals surface area contributed by atoms with Gasteiger partial charge in [-0.2, -0.15) is 8.42 Å². The predicted octanol–water partition coefficient (Wildman–Crippen LogP) is -0.387. The summed E-state index contributed by atoms with van der Waals surface area (Å²) in [6.07, 6.45) is 3.93. The van der Waals surface area contributed by atoms with Crippen LogP contribution in [0, 0.1) is 0 Å². The minimum absolute atomic E-state index is 0.0974. The summed E-state index contributed by atoms with van der Waals surface area (Å²) in [5, 5.41) is 0. The lowest BCUT2D eigenvalue weighted by molar-refractivity contribution is -0.892. The summed E-state index contributed by atoms with van der Waals surface area (Å²) in [5.74, 6) is -0.0974. The zero-order chi connectivity index (χ0) is 12.7. The van der Waals surface area contributed by atoms with Gasteiger partial charge in [0.05, 0.1) is 25.4 Å². The van der Waals surface area contributed by atoms with Crippen LogP contribution >= 0.6 is 0 Å². The van der Waals surface area contributed by atoms with Gasteiger partial charge >= 0.3 is 0 Å². The standard InChI is InChI=1S/C11H24N2O3S/c1-2-3-6-12-8-9-13(11-12)7-4-5-10-17(14,15)16/h2-11H2,1H3,(H,14,15,16)/p+1. The maximum absolute atomic E-state index is 10.5. The molecule has 1 unspecified atom stereocenters. The van der Waals surface area contributed by atoms with Crippen LogP contribution in [0.25, 0.3) is 0 Å². The molecule has 1 saturated heterocycles. The summed E-state index contributed by atoms with van der Waals surface area (Å²) < 4.78 is 29.7. The third-order valence-corrected chi connectivity index (χ3v) is 4.04. The van der Waals surface area contributed by atoms with Crippen molar-refractivity contribution in [2.24, 2.45) is 0 Å². The van der Waals surface area contributed by atoms with E-state index in [9.17, 15) is 8.42 Å². The van der Waals surface area contributed by atoms with Crippen LogP contribution in [-0.4, -0.2) is 56.5 Å². The van der Waals surface area contributed by atoms with E-state index in [2.05, 4.69) is 11.8 Å². The first kappa shape index (κ1) is 14.9. The molecular formula is C11H25N2O3S+. The molecule has 102 valence electrons. The lowest BCUT2D eigenvalue weighted by Crippen LogP contribution is -3.10. The topological polar surface area (TPSA) is 62.0 Å². The maximum atomic E-state index is 10.5. The van der Waals surface area contributed by atoms with Crippen molar-refractivity contribution in [2.75, 3.05) is 38.6 Å². The van der Waals surface area contributed by atoms with Crippen molar-refractivity contribution in [2.45, 2.75) is 32.6 Å². The highest BCUT2D eigenvalue weighted by molar-refractivity contribution is 7.85. The van der Waals surface area contributed by atoms with Crippen LogP contribution in [0.3, 0.4) is 0 Å². The summed E-state index contributed by atoms with van der Waals surface area (Å²) in [6.45, 7) is 7.81. The van der Waals surface area contributed by atoms with E-state index < -0.39 is 10.1 Å². The van der Waals surface area contributed by atoms with E-state index in [1.807, 2.05) is 0 Å². The molecule has 0 spiro atoms. The smallest absolute Gasteiger partial charge is 0.264 e. The van der Waals surface area contributed by atoms with Crippen LogP contribution in [0.2, 0.25) is 0 Å². The summed E-state index contributed by atoms with van der Waals surface area (Å²) in [5.41, 5.74) is 0. The molecule has 6 heteroatoms. The zero-order valence-corrected chi connectivity index (χ0v) is 11.5. The molecule has 1 fully saturated rings. The molecule has 1 rings (SSSR count). The van der Waals surface area contributed by atoms with Crippen LogP contribution in [0.4, 0.5) is 0 Å². The number of nitrogens with one attached hydrogen (secondary N) is 1. The molecule has 1 atom stereocenters. The number of quaternary nitrogens is 1. The zero-order valence-electron chi connectivity index (χ0n) is 10.7. The van der Waals surface area contributed by atoms with Crippen LogP contribution in [0.15, 0.2) is 0 Å². The predicted molar refractivity (Wildman–Crippen MR) is 67.7 cm³/mol. The average Bonchev–Trinajstić information content (AvgIpc) is 2.68. The van der Waals surface area contributed by atoms with Gasteiger partial charge in [-0.15, -0.1) is 0 Å². The fourth-order valence-corrected chi connectivity index (χ4v) is 2.80. The number of unbranched alkanes of at least 4 members (excludes halogenated alkanes) is 2. The minimum Gasteiger partial charge on any atom is -0.321 e. The normalized spacial score (nSPS) is 22.1. The Morgan fingerprint density at radius 2 is 2.06 bits per heavy atom. The summed E-state index contributed by atoms with van der Waals surface area (Å²) >= 11 is 0. The number of rotatable bonds is 8. The molecule has 5 nitrogen and oxygen atoms in total. The molecule has 0 aromatic rings. The van der Waals surface area contributed by atoms with E-state index >= 15 is 0 Å². The number of nitrogens with zero attached hydrogens (tertiary/aromatic N) is 1. The molecule has 1 aliphatic heterocycles. The van der Waals surface area contributed by atoms with Gasteiger partial charge in [-0.25, -0.2) is 0 Å². The Bertz CT molecular complexity index is 306. The third kappa shape index (κ3) is 6.98. The van der Waals surface area contributed by atoms with Crippen molar-refractivity contribution >= 4 is 10.1 Å². The fraction of sp³-hybridized carbons (Fsp3) is 1.00. The van der Waals surface area contributed by atoms with Gasteiger partial charge in [-0.05, 0) is 19.3 Å². The lowest BCUT2D eigenvalue weighted by atomic mass is 10.3. The Kier molecular flexibility index (Phi) is 6.40. The van der Waals surface area contributed by atoms with Gasteiger partial charge in [0, 0.05) is 6.54 Å². The van der Waals surface area contributed by atoms with Gasteiger partial charge in [0.2, 0.25) is 0 Å². The van der Waals surface area contributed by atoms with Gasteiger partial charge in [0.15, 0.2) is 0 Å². The average molecular weight is 265 g/mol. The molecule has 0 aromatic heterocycles. The molecule has 0 amide bonds. The molecule has 0 bridgehead atoms. The Labute approximate surface area is 105 Å². The van der Waals surface area contributed by atoms with Crippen molar-refractivity contribution in [3.63, 3.8) is 0 Å². The Balaban J connectivity index is 2.06. The van der Waals surface area contributed by atoms with E-state index in [1.54, 1.807) is 0 Å².